The molecule has 5 nitrogen and oxygen atoms in total. The first kappa shape index (κ1) is 21.6. The topological polar surface area (TPSA) is 66.5 Å². The number of Topliss-reactive ketones (excluding diaryl/α,β-unsaturated/α-hetero) is 1. The molecule has 160 valence electrons. The second-order valence-electron chi connectivity index (χ2n) is 7.99. The smallest absolute Gasteiger partial charge is 0.255 e. The summed E-state index contributed by atoms with van der Waals surface area (Å²) in [6.07, 6.45) is 2.35. The number of nitrogens with one attached hydrogen (secondary N) is 1. The lowest BCUT2D eigenvalue weighted by Crippen LogP contribution is -2.49. The van der Waals surface area contributed by atoms with Crippen LogP contribution in [0.2, 0.25) is 10.0 Å². The van der Waals surface area contributed by atoms with E-state index < -0.39 is 6.04 Å². The van der Waals surface area contributed by atoms with Crippen molar-refractivity contribution in [2.75, 3.05) is 0 Å². The quantitative estimate of drug-likeness (QED) is 0.696. The maximum absolute atomic E-state index is 12.8. The van der Waals surface area contributed by atoms with Crippen molar-refractivity contribution in [2.24, 2.45) is 0 Å². The van der Waals surface area contributed by atoms with Crippen molar-refractivity contribution in [1.82, 2.24) is 10.2 Å². The molecule has 0 aliphatic carbocycles. The minimum atomic E-state index is -0.476. The maximum atomic E-state index is 12.8. The number of halogens is 2. The van der Waals surface area contributed by atoms with Gasteiger partial charge in [0, 0.05) is 40.7 Å². The number of fused-ring (bicyclic) bond motifs is 1. The molecular weight excluding hydrogens is 435 g/mol. The molecule has 1 fully saturated rings. The van der Waals surface area contributed by atoms with Crippen LogP contribution in [0.3, 0.4) is 0 Å². The van der Waals surface area contributed by atoms with Gasteiger partial charge in [-0.05, 0) is 54.2 Å². The van der Waals surface area contributed by atoms with E-state index >= 15 is 0 Å². The molecule has 1 saturated heterocycles. The molecule has 1 unspecified atom stereocenters. The van der Waals surface area contributed by atoms with E-state index in [-0.39, 0.29) is 24.0 Å². The molecule has 2 aromatic carbocycles. The summed E-state index contributed by atoms with van der Waals surface area (Å²) in [6, 6.07) is 10.4. The highest BCUT2D eigenvalue weighted by molar-refractivity contribution is 6.36. The first-order valence-corrected chi connectivity index (χ1v) is 10.9. The molecule has 0 bridgehead atoms. The van der Waals surface area contributed by atoms with Crippen molar-refractivity contribution in [3.8, 4) is 0 Å². The van der Waals surface area contributed by atoms with Crippen molar-refractivity contribution < 1.29 is 14.4 Å². The minimum absolute atomic E-state index is 0.0484. The standard InChI is InChI=1S/C24H22Cl2N2O3/c1-14-5-10-22(23(30)27-14)28-13-16-11-15(7-9-18(16)24(28)31)6-8-17(29)12-19-20(25)3-2-4-21(19)26/h2-4,7,9,11,22H,1,5-6,8,10,12-13H2,(H,27,30). The Kier molecular flexibility index (Phi) is 6.17. The summed E-state index contributed by atoms with van der Waals surface area (Å²) in [5, 5.41) is 3.73. The average molecular weight is 457 g/mol. The lowest BCUT2D eigenvalue weighted by atomic mass is 9.99. The highest BCUT2D eigenvalue weighted by Gasteiger charge is 2.38. The van der Waals surface area contributed by atoms with Crippen LogP contribution >= 0.6 is 23.2 Å². The van der Waals surface area contributed by atoms with Gasteiger partial charge in [-0.25, -0.2) is 0 Å². The van der Waals surface area contributed by atoms with Crippen LogP contribution in [0.5, 0.6) is 0 Å². The van der Waals surface area contributed by atoms with Crippen LogP contribution < -0.4 is 5.32 Å². The van der Waals surface area contributed by atoms with E-state index in [2.05, 4.69) is 11.9 Å². The molecular formula is C24H22Cl2N2O3. The van der Waals surface area contributed by atoms with Gasteiger partial charge < -0.3 is 10.2 Å². The Hall–Kier alpha value is -2.63. The van der Waals surface area contributed by atoms with Gasteiger partial charge in [0.05, 0.1) is 0 Å². The predicted molar refractivity (Wildman–Crippen MR) is 120 cm³/mol. The first-order valence-electron chi connectivity index (χ1n) is 10.2. The fraction of sp³-hybridized carbons (Fsp3) is 0.292. The third-order valence-corrected chi connectivity index (χ3v) is 6.54. The number of piperidine rings is 1. The van der Waals surface area contributed by atoms with Crippen molar-refractivity contribution >= 4 is 40.8 Å². The molecule has 0 spiro atoms. The summed E-state index contributed by atoms with van der Waals surface area (Å²) >= 11 is 12.3. The number of hydrogen-bond acceptors (Lipinski definition) is 3. The molecule has 2 amide bonds. The number of rotatable bonds is 6. The largest absolute Gasteiger partial charge is 0.329 e. The van der Waals surface area contributed by atoms with Gasteiger partial charge in [0.1, 0.15) is 11.8 Å². The Morgan fingerprint density at radius 1 is 1.16 bits per heavy atom. The van der Waals surface area contributed by atoms with Crippen LogP contribution in [0.25, 0.3) is 0 Å². The number of carbonyl (C=O) groups is 3. The Balaban J connectivity index is 1.40. The Labute approximate surface area is 191 Å². The molecule has 1 N–H and O–H groups in total. The first-order chi connectivity index (χ1) is 14.8. The van der Waals surface area contributed by atoms with Gasteiger partial charge in [0.25, 0.3) is 5.91 Å². The number of carbonyl (C=O) groups excluding carboxylic acids is 3. The summed E-state index contributed by atoms with van der Waals surface area (Å²) in [7, 11) is 0. The Morgan fingerprint density at radius 2 is 1.90 bits per heavy atom. The number of hydrogen-bond donors (Lipinski definition) is 1. The number of amides is 2. The molecule has 1 atom stereocenters. The summed E-state index contributed by atoms with van der Waals surface area (Å²) in [5.41, 5.74) is 3.83. The van der Waals surface area contributed by atoms with Gasteiger partial charge in [0.2, 0.25) is 5.91 Å². The fourth-order valence-corrected chi connectivity index (χ4v) is 4.66. The van der Waals surface area contributed by atoms with Gasteiger partial charge in [0.15, 0.2) is 0 Å². The van der Waals surface area contributed by atoms with E-state index in [0.717, 1.165) is 11.1 Å². The molecule has 2 aromatic rings. The number of nitrogens with zero attached hydrogens (tertiary/aromatic N) is 1. The molecule has 0 radical (unpaired) electrons. The van der Waals surface area contributed by atoms with E-state index in [0.29, 0.717) is 59.1 Å². The zero-order valence-electron chi connectivity index (χ0n) is 16.9. The monoisotopic (exact) mass is 456 g/mol. The molecule has 0 aromatic heterocycles. The van der Waals surface area contributed by atoms with Gasteiger partial charge in [-0.1, -0.05) is 48.0 Å². The minimum Gasteiger partial charge on any atom is -0.329 e. The van der Waals surface area contributed by atoms with E-state index in [9.17, 15) is 14.4 Å². The van der Waals surface area contributed by atoms with Gasteiger partial charge in [-0.15, -0.1) is 0 Å². The second kappa shape index (κ2) is 8.85. The third-order valence-electron chi connectivity index (χ3n) is 5.83. The van der Waals surface area contributed by atoms with Crippen LogP contribution in [0, 0.1) is 0 Å². The zero-order valence-corrected chi connectivity index (χ0v) is 18.4. The fourth-order valence-electron chi connectivity index (χ4n) is 4.13. The second-order valence-corrected chi connectivity index (χ2v) is 8.80. The normalized spacial score (nSPS) is 18.2. The van der Waals surface area contributed by atoms with Crippen molar-refractivity contribution in [3.05, 3.63) is 81.0 Å². The molecule has 2 aliphatic rings. The van der Waals surface area contributed by atoms with Gasteiger partial charge >= 0.3 is 0 Å². The van der Waals surface area contributed by atoms with Crippen LogP contribution in [-0.2, 0) is 29.0 Å². The lowest BCUT2D eigenvalue weighted by molar-refractivity contribution is -0.126. The number of allylic oxidation sites excluding steroid dienone is 1. The van der Waals surface area contributed by atoms with Gasteiger partial charge in [-0.2, -0.15) is 0 Å². The van der Waals surface area contributed by atoms with Crippen LogP contribution in [0.4, 0.5) is 0 Å². The zero-order chi connectivity index (χ0) is 22.1. The summed E-state index contributed by atoms with van der Waals surface area (Å²) in [6.45, 7) is 4.19. The van der Waals surface area contributed by atoms with Crippen molar-refractivity contribution in [1.29, 1.82) is 0 Å². The van der Waals surface area contributed by atoms with E-state index in [1.54, 1.807) is 29.2 Å². The third kappa shape index (κ3) is 4.53. The van der Waals surface area contributed by atoms with Crippen LogP contribution in [0.1, 0.15) is 46.3 Å². The molecule has 2 aliphatic heterocycles. The SMILES string of the molecule is C=C1CCC(N2Cc3cc(CCC(=O)Cc4c(Cl)cccc4Cl)ccc3C2=O)C(=O)N1. The van der Waals surface area contributed by atoms with E-state index in [1.807, 2.05) is 12.1 Å². The van der Waals surface area contributed by atoms with Crippen molar-refractivity contribution in [3.63, 3.8) is 0 Å². The summed E-state index contributed by atoms with van der Waals surface area (Å²) < 4.78 is 0. The van der Waals surface area contributed by atoms with Crippen molar-refractivity contribution in [2.45, 2.75) is 44.7 Å². The summed E-state index contributed by atoms with van der Waals surface area (Å²) in [5.74, 6) is -0.257. The van der Waals surface area contributed by atoms with E-state index in [4.69, 9.17) is 23.2 Å². The Morgan fingerprint density at radius 3 is 2.61 bits per heavy atom. The number of aryl methyl sites for hydroxylation is 1. The molecule has 31 heavy (non-hydrogen) atoms. The van der Waals surface area contributed by atoms with Gasteiger partial charge in [-0.3, -0.25) is 14.4 Å². The highest BCUT2D eigenvalue weighted by Crippen LogP contribution is 2.30. The molecule has 7 heteroatoms. The molecule has 2 heterocycles. The van der Waals surface area contributed by atoms with Crippen LogP contribution in [-0.4, -0.2) is 28.5 Å². The maximum Gasteiger partial charge on any atom is 0.255 e. The predicted octanol–water partition coefficient (Wildman–Crippen LogP) is 4.49. The number of benzene rings is 2. The molecule has 4 rings (SSSR count). The number of ketones is 1. The van der Waals surface area contributed by atoms with E-state index in [1.165, 1.54) is 0 Å². The Bertz CT molecular complexity index is 1080. The summed E-state index contributed by atoms with van der Waals surface area (Å²) in [4.78, 5) is 39.2. The highest BCUT2D eigenvalue weighted by atomic mass is 35.5. The molecule has 0 saturated carbocycles. The average Bonchev–Trinajstić information content (AvgIpc) is 3.05. The lowest BCUT2D eigenvalue weighted by Gasteiger charge is -2.30. The van der Waals surface area contributed by atoms with Crippen LogP contribution in [0.15, 0.2) is 48.7 Å².